The summed E-state index contributed by atoms with van der Waals surface area (Å²) in [6.07, 6.45) is 3.41. The standard InChI is InChI=1S/C15H13FN4/c1-20-15(17)13(10-2-4-12(16)5-3-10)14(19-20)11-6-8-18-9-7-11/h2-9H,17H2,1H3. The molecule has 100 valence electrons. The lowest BCUT2D eigenvalue weighted by atomic mass is 10.0. The van der Waals surface area contributed by atoms with E-state index in [0.29, 0.717) is 5.82 Å². The van der Waals surface area contributed by atoms with Gasteiger partial charge in [0.05, 0.1) is 5.56 Å². The number of aromatic nitrogens is 3. The summed E-state index contributed by atoms with van der Waals surface area (Å²) in [7, 11) is 1.78. The minimum absolute atomic E-state index is 0.276. The summed E-state index contributed by atoms with van der Waals surface area (Å²) in [5, 5.41) is 4.45. The van der Waals surface area contributed by atoms with Crippen LogP contribution in [-0.2, 0) is 7.05 Å². The largest absolute Gasteiger partial charge is 0.383 e. The highest BCUT2D eigenvalue weighted by Crippen LogP contribution is 2.35. The first kappa shape index (κ1) is 12.3. The van der Waals surface area contributed by atoms with E-state index in [-0.39, 0.29) is 5.82 Å². The number of hydrogen-bond acceptors (Lipinski definition) is 3. The minimum Gasteiger partial charge on any atom is -0.383 e. The van der Waals surface area contributed by atoms with Crippen LogP contribution in [0.2, 0.25) is 0 Å². The maximum absolute atomic E-state index is 13.1. The van der Waals surface area contributed by atoms with E-state index in [1.165, 1.54) is 12.1 Å². The van der Waals surface area contributed by atoms with Gasteiger partial charge in [0.15, 0.2) is 0 Å². The Kier molecular flexibility index (Phi) is 2.95. The fourth-order valence-corrected chi connectivity index (χ4v) is 2.15. The van der Waals surface area contributed by atoms with E-state index in [0.717, 1.165) is 22.4 Å². The Morgan fingerprint density at radius 3 is 2.30 bits per heavy atom. The molecule has 0 saturated heterocycles. The van der Waals surface area contributed by atoms with Crippen LogP contribution in [0.3, 0.4) is 0 Å². The summed E-state index contributed by atoms with van der Waals surface area (Å²) >= 11 is 0. The van der Waals surface area contributed by atoms with Crippen molar-refractivity contribution in [2.45, 2.75) is 0 Å². The number of nitrogen functional groups attached to an aromatic ring is 1. The van der Waals surface area contributed by atoms with Gasteiger partial charge in [0.2, 0.25) is 0 Å². The number of rotatable bonds is 2. The predicted molar refractivity (Wildman–Crippen MR) is 76.2 cm³/mol. The molecule has 2 aromatic heterocycles. The first-order valence-electron chi connectivity index (χ1n) is 6.15. The lowest BCUT2D eigenvalue weighted by molar-refractivity contribution is 0.628. The molecule has 0 saturated carbocycles. The molecule has 4 nitrogen and oxygen atoms in total. The van der Waals surface area contributed by atoms with Gasteiger partial charge in [0, 0.05) is 25.0 Å². The van der Waals surface area contributed by atoms with Gasteiger partial charge in [-0.2, -0.15) is 5.10 Å². The van der Waals surface area contributed by atoms with Crippen LogP contribution in [0, 0.1) is 5.82 Å². The van der Waals surface area contributed by atoms with E-state index in [1.54, 1.807) is 36.3 Å². The monoisotopic (exact) mass is 268 g/mol. The molecular formula is C15H13FN4. The molecule has 3 rings (SSSR count). The number of pyridine rings is 1. The second kappa shape index (κ2) is 4.77. The Bertz CT molecular complexity index is 733. The van der Waals surface area contributed by atoms with Crippen LogP contribution >= 0.6 is 0 Å². The van der Waals surface area contributed by atoms with E-state index in [9.17, 15) is 4.39 Å². The molecule has 1 aromatic carbocycles. The summed E-state index contributed by atoms with van der Waals surface area (Å²) < 4.78 is 14.7. The molecule has 0 amide bonds. The van der Waals surface area contributed by atoms with Crippen LogP contribution in [0.4, 0.5) is 10.2 Å². The van der Waals surface area contributed by atoms with E-state index in [4.69, 9.17) is 5.73 Å². The lowest BCUT2D eigenvalue weighted by Crippen LogP contribution is -1.97. The second-order valence-electron chi connectivity index (χ2n) is 4.48. The van der Waals surface area contributed by atoms with Crippen molar-refractivity contribution >= 4 is 5.82 Å². The molecule has 0 aliphatic heterocycles. The van der Waals surface area contributed by atoms with Crippen molar-refractivity contribution in [2.75, 3.05) is 5.73 Å². The number of halogens is 1. The van der Waals surface area contributed by atoms with Crippen molar-refractivity contribution < 1.29 is 4.39 Å². The maximum Gasteiger partial charge on any atom is 0.129 e. The third-order valence-corrected chi connectivity index (χ3v) is 3.18. The summed E-state index contributed by atoms with van der Waals surface area (Å²) in [5.41, 5.74) is 9.43. The molecule has 20 heavy (non-hydrogen) atoms. The fraction of sp³-hybridized carbons (Fsp3) is 0.0667. The summed E-state index contributed by atoms with van der Waals surface area (Å²) in [5.74, 6) is 0.269. The van der Waals surface area contributed by atoms with Crippen LogP contribution in [0.5, 0.6) is 0 Å². The molecule has 5 heteroatoms. The van der Waals surface area contributed by atoms with Crippen LogP contribution < -0.4 is 5.73 Å². The normalized spacial score (nSPS) is 10.7. The maximum atomic E-state index is 13.1. The Hall–Kier alpha value is -2.69. The number of benzene rings is 1. The van der Waals surface area contributed by atoms with Crippen molar-refractivity contribution in [3.05, 3.63) is 54.6 Å². The number of aryl methyl sites for hydroxylation is 1. The molecule has 0 aliphatic rings. The van der Waals surface area contributed by atoms with Gasteiger partial charge in [-0.15, -0.1) is 0 Å². The smallest absolute Gasteiger partial charge is 0.129 e. The predicted octanol–water partition coefficient (Wildman–Crippen LogP) is 2.87. The van der Waals surface area contributed by atoms with Gasteiger partial charge in [-0.3, -0.25) is 9.67 Å². The molecule has 0 unspecified atom stereocenters. The number of anilines is 1. The molecule has 3 aromatic rings. The Balaban J connectivity index is 2.22. The fourth-order valence-electron chi connectivity index (χ4n) is 2.15. The molecule has 0 aliphatic carbocycles. The molecule has 2 heterocycles. The highest BCUT2D eigenvalue weighted by Gasteiger charge is 2.17. The lowest BCUT2D eigenvalue weighted by Gasteiger charge is -2.04. The van der Waals surface area contributed by atoms with Gasteiger partial charge in [-0.1, -0.05) is 12.1 Å². The van der Waals surface area contributed by atoms with Gasteiger partial charge in [0.1, 0.15) is 17.3 Å². The van der Waals surface area contributed by atoms with Gasteiger partial charge in [0.25, 0.3) is 0 Å². The van der Waals surface area contributed by atoms with Crippen molar-refractivity contribution in [3.63, 3.8) is 0 Å². The Labute approximate surface area is 115 Å². The first-order valence-corrected chi connectivity index (χ1v) is 6.15. The van der Waals surface area contributed by atoms with Crippen molar-refractivity contribution in [2.24, 2.45) is 7.05 Å². The first-order chi connectivity index (χ1) is 9.66. The Morgan fingerprint density at radius 2 is 1.65 bits per heavy atom. The number of hydrogen-bond donors (Lipinski definition) is 1. The summed E-state index contributed by atoms with van der Waals surface area (Å²) in [6.45, 7) is 0. The molecule has 0 radical (unpaired) electrons. The average molecular weight is 268 g/mol. The average Bonchev–Trinajstić information content (AvgIpc) is 2.77. The zero-order valence-electron chi connectivity index (χ0n) is 10.9. The third-order valence-electron chi connectivity index (χ3n) is 3.18. The highest BCUT2D eigenvalue weighted by molar-refractivity contribution is 5.87. The number of nitrogens with zero attached hydrogens (tertiary/aromatic N) is 3. The summed E-state index contributed by atoms with van der Waals surface area (Å²) in [4.78, 5) is 4.00. The molecule has 2 N–H and O–H groups in total. The quantitative estimate of drug-likeness (QED) is 0.777. The topological polar surface area (TPSA) is 56.7 Å². The zero-order chi connectivity index (χ0) is 14.1. The third kappa shape index (κ3) is 2.03. The Morgan fingerprint density at radius 1 is 1.00 bits per heavy atom. The van der Waals surface area contributed by atoms with Crippen LogP contribution in [0.25, 0.3) is 22.4 Å². The van der Waals surface area contributed by atoms with E-state index >= 15 is 0 Å². The van der Waals surface area contributed by atoms with Crippen molar-refractivity contribution in [1.82, 2.24) is 14.8 Å². The molecule has 0 spiro atoms. The van der Waals surface area contributed by atoms with Crippen LogP contribution in [-0.4, -0.2) is 14.8 Å². The van der Waals surface area contributed by atoms with Gasteiger partial charge >= 0.3 is 0 Å². The van der Waals surface area contributed by atoms with Crippen LogP contribution in [0.1, 0.15) is 0 Å². The zero-order valence-corrected chi connectivity index (χ0v) is 10.9. The van der Waals surface area contributed by atoms with E-state index in [2.05, 4.69) is 10.1 Å². The van der Waals surface area contributed by atoms with Crippen LogP contribution in [0.15, 0.2) is 48.8 Å². The van der Waals surface area contributed by atoms with Gasteiger partial charge in [-0.05, 0) is 29.8 Å². The summed E-state index contributed by atoms with van der Waals surface area (Å²) in [6, 6.07) is 9.97. The van der Waals surface area contributed by atoms with E-state index < -0.39 is 0 Å². The van der Waals surface area contributed by atoms with Crippen molar-refractivity contribution in [3.8, 4) is 22.4 Å². The molecule has 0 fully saturated rings. The highest BCUT2D eigenvalue weighted by atomic mass is 19.1. The molecule has 0 bridgehead atoms. The second-order valence-corrected chi connectivity index (χ2v) is 4.48. The van der Waals surface area contributed by atoms with Gasteiger partial charge in [-0.25, -0.2) is 4.39 Å². The minimum atomic E-state index is -0.276. The van der Waals surface area contributed by atoms with Gasteiger partial charge < -0.3 is 5.73 Å². The van der Waals surface area contributed by atoms with Crippen molar-refractivity contribution in [1.29, 1.82) is 0 Å². The number of nitrogens with two attached hydrogens (primary N) is 1. The SMILES string of the molecule is Cn1nc(-c2ccncc2)c(-c2ccc(F)cc2)c1N. The molecule has 0 atom stereocenters. The van der Waals surface area contributed by atoms with E-state index in [1.807, 2.05) is 12.1 Å². The molecular weight excluding hydrogens is 255 g/mol.